The summed E-state index contributed by atoms with van der Waals surface area (Å²) >= 11 is 1.62. The Kier molecular flexibility index (Phi) is 2.79. The van der Waals surface area contributed by atoms with Gasteiger partial charge in [-0.2, -0.15) is 10.1 Å². The van der Waals surface area contributed by atoms with E-state index in [2.05, 4.69) is 15.2 Å². The van der Waals surface area contributed by atoms with Crippen LogP contribution in [0.4, 0.5) is 5.95 Å². The maximum absolute atomic E-state index is 12.2. The van der Waals surface area contributed by atoms with E-state index in [1.54, 1.807) is 16.7 Å². The number of hydrogen-bond donors (Lipinski definition) is 1. The van der Waals surface area contributed by atoms with Gasteiger partial charge in [-0.3, -0.25) is 9.69 Å². The number of hydrogen-bond acceptors (Lipinski definition) is 4. The Labute approximate surface area is 109 Å². The second kappa shape index (κ2) is 4.45. The van der Waals surface area contributed by atoms with Crippen LogP contribution in [-0.2, 0) is 4.79 Å². The number of aromatic amines is 1. The summed E-state index contributed by atoms with van der Waals surface area (Å²) in [6, 6.07) is 9.95. The van der Waals surface area contributed by atoms with Crippen molar-refractivity contribution in [1.82, 2.24) is 15.2 Å². The average molecular weight is 260 g/mol. The van der Waals surface area contributed by atoms with Gasteiger partial charge in [0.25, 0.3) is 0 Å². The van der Waals surface area contributed by atoms with Crippen LogP contribution in [-0.4, -0.2) is 26.3 Å². The lowest BCUT2D eigenvalue weighted by molar-refractivity contribution is -0.117. The minimum Gasteiger partial charge on any atom is -0.273 e. The lowest BCUT2D eigenvalue weighted by Gasteiger charge is -2.20. The van der Waals surface area contributed by atoms with Crippen LogP contribution in [0.3, 0.4) is 0 Å². The molecule has 6 heteroatoms. The number of benzene rings is 1. The molecule has 2 atom stereocenters. The van der Waals surface area contributed by atoms with Gasteiger partial charge in [-0.15, -0.1) is 11.8 Å². The van der Waals surface area contributed by atoms with Gasteiger partial charge in [-0.1, -0.05) is 30.3 Å². The summed E-state index contributed by atoms with van der Waals surface area (Å²) in [6.45, 7) is 1.92. The number of amides is 1. The number of rotatable bonds is 2. The predicted molar refractivity (Wildman–Crippen MR) is 70.1 cm³/mol. The second-order valence-electron chi connectivity index (χ2n) is 4.06. The maximum atomic E-state index is 12.2. The molecule has 1 N–H and O–H groups in total. The van der Waals surface area contributed by atoms with E-state index in [0.29, 0.717) is 5.95 Å². The molecule has 0 saturated carbocycles. The van der Waals surface area contributed by atoms with Crippen molar-refractivity contribution in [1.29, 1.82) is 0 Å². The number of nitrogens with zero attached hydrogens (tertiary/aromatic N) is 3. The third-order valence-corrected chi connectivity index (χ3v) is 4.22. The number of nitrogens with one attached hydrogen (secondary N) is 1. The van der Waals surface area contributed by atoms with Crippen LogP contribution in [0.2, 0.25) is 0 Å². The van der Waals surface area contributed by atoms with Crippen molar-refractivity contribution in [3.63, 3.8) is 0 Å². The molecule has 2 heterocycles. The lowest BCUT2D eigenvalue weighted by atomic mass is 10.2. The summed E-state index contributed by atoms with van der Waals surface area (Å²) in [4.78, 5) is 18.0. The zero-order valence-corrected chi connectivity index (χ0v) is 10.6. The van der Waals surface area contributed by atoms with Crippen LogP contribution in [0.1, 0.15) is 17.9 Å². The summed E-state index contributed by atoms with van der Waals surface area (Å²) in [5.41, 5.74) is 1.09. The molecule has 1 aliphatic rings. The standard InChI is InChI=1S/C12H12N4OS/c1-8-10(17)16(12-13-7-14-15-12)11(18-8)9-5-3-2-4-6-9/h2-8,11H,1H3,(H,13,14,15). The SMILES string of the molecule is CC1SC(c2ccccc2)N(c2ncn[nH]2)C1=O. The molecule has 1 amide bonds. The first-order valence-corrected chi connectivity index (χ1v) is 6.60. The molecule has 1 aliphatic heterocycles. The number of H-pyrrole nitrogens is 1. The minimum absolute atomic E-state index is 0.0401. The smallest absolute Gasteiger partial charge is 0.243 e. The van der Waals surface area contributed by atoms with Crippen LogP contribution >= 0.6 is 11.8 Å². The highest BCUT2D eigenvalue weighted by Crippen LogP contribution is 2.44. The molecule has 92 valence electrons. The molecular formula is C12H12N4OS. The van der Waals surface area contributed by atoms with Gasteiger partial charge in [0, 0.05) is 0 Å². The predicted octanol–water partition coefficient (Wildman–Crippen LogP) is 1.97. The van der Waals surface area contributed by atoms with Gasteiger partial charge in [-0.25, -0.2) is 5.10 Å². The monoisotopic (exact) mass is 260 g/mol. The fourth-order valence-electron chi connectivity index (χ4n) is 2.00. The van der Waals surface area contributed by atoms with Gasteiger partial charge in [0.2, 0.25) is 11.9 Å². The van der Waals surface area contributed by atoms with Crippen molar-refractivity contribution in [2.75, 3.05) is 4.90 Å². The third-order valence-electron chi connectivity index (χ3n) is 2.87. The van der Waals surface area contributed by atoms with Gasteiger partial charge in [-0.05, 0) is 12.5 Å². The Bertz CT molecular complexity index is 542. The fraction of sp³-hybridized carbons (Fsp3) is 0.250. The summed E-state index contributed by atoms with van der Waals surface area (Å²) < 4.78 is 0. The average Bonchev–Trinajstić information content (AvgIpc) is 3.00. The Morgan fingerprint density at radius 2 is 2.11 bits per heavy atom. The van der Waals surface area contributed by atoms with Crippen molar-refractivity contribution in [2.24, 2.45) is 0 Å². The summed E-state index contributed by atoms with van der Waals surface area (Å²) in [5.74, 6) is 0.566. The highest BCUT2D eigenvalue weighted by Gasteiger charge is 2.40. The number of aromatic nitrogens is 3. The van der Waals surface area contributed by atoms with Crippen LogP contribution < -0.4 is 4.90 Å². The van der Waals surface area contributed by atoms with Crippen LogP contribution in [0.5, 0.6) is 0 Å². The molecule has 0 spiro atoms. The van der Waals surface area contributed by atoms with Crippen molar-refractivity contribution < 1.29 is 4.79 Å². The fourth-order valence-corrected chi connectivity index (χ4v) is 3.26. The van der Waals surface area contributed by atoms with Crippen molar-refractivity contribution in [3.8, 4) is 0 Å². The summed E-state index contributed by atoms with van der Waals surface area (Å²) in [6.07, 6.45) is 1.42. The molecule has 0 bridgehead atoms. The molecule has 18 heavy (non-hydrogen) atoms. The van der Waals surface area contributed by atoms with E-state index in [0.717, 1.165) is 5.56 Å². The van der Waals surface area contributed by atoms with E-state index < -0.39 is 0 Å². The molecule has 1 aromatic heterocycles. The molecule has 0 radical (unpaired) electrons. The zero-order chi connectivity index (χ0) is 12.5. The molecule has 3 rings (SSSR count). The first-order valence-electron chi connectivity index (χ1n) is 5.66. The molecule has 1 saturated heterocycles. The van der Waals surface area contributed by atoms with Gasteiger partial charge in [0.05, 0.1) is 5.25 Å². The molecule has 1 fully saturated rings. The lowest BCUT2D eigenvalue weighted by Crippen LogP contribution is -2.31. The first kappa shape index (κ1) is 11.3. The number of anilines is 1. The van der Waals surface area contributed by atoms with Crippen molar-refractivity contribution in [3.05, 3.63) is 42.2 Å². The van der Waals surface area contributed by atoms with Crippen LogP contribution in [0.15, 0.2) is 36.7 Å². The van der Waals surface area contributed by atoms with Gasteiger partial charge >= 0.3 is 0 Å². The van der Waals surface area contributed by atoms with E-state index in [9.17, 15) is 4.79 Å². The number of carbonyl (C=O) groups is 1. The van der Waals surface area contributed by atoms with E-state index in [1.807, 2.05) is 37.3 Å². The second-order valence-corrected chi connectivity index (χ2v) is 5.48. The largest absolute Gasteiger partial charge is 0.273 e. The molecule has 5 nitrogen and oxygen atoms in total. The summed E-state index contributed by atoms with van der Waals surface area (Å²) in [5, 5.41) is 6.47. The van der Waals surface area contributed by atoms with Crippen LogP contribution in [0, 0.1) is 0 Å². The van der Waals surface area contributed by atoms with Gasteiger partial charge in [0.15, 0.2) is 0 Å². The Hall–Kier alpha value is -1.82. The van der Waals surface area contributed by atoms with Crippen LogP contribution in [0.25, 0.3) is 0 Å². The molecular weight excluding hydrogens is 248 g/mol. The first-order chi connectivity index (χ1) is 8.77. The normalized spacial score (nSPS) is 23.6. The molecule has 0 aliphatic carbocycles. The highest BCUT2D eigenvalue weighted by molar-refractivity contribution is 8.01. The molecule has 2 unspecified atom stereocenters. The van der Waals surface area contributed by atoms with E-state index >= 15 is 0 Å². The molecule has 2 aromatic rings. The number of thioether (sulfide) groups is 1. The zero-order valence-electron chi connectivity index (χ0n) is 9.78. The maximum Gasteiger partial charge on any atom is 0.243 e. The molecule has 1 aromatic carbocycles. The topological polar surface area (TPSA) is 61.9 Å². The Morgan fingerprint density at radius 1 is 1.33 bits per heavy atom. The Morgan fingerprint density at radius 3 is 2.78 bits per heavy atom. The van der Waals surface area contributed by atoms with Crippen molar-refractivity contribution in [2.45, 2.75) is 17.5 Å². The number of carbonyl (C=O) groups excluding carboxylic acids is 1. The quantitative estimate of drug-likeness (QED) is 0.896. The summed E-state index contributed by atoms with van der Waals surface area (Å²) in [7, 11) is 0. The highest BCUT2D eigenvalue weighted by atomic mass is 32.2. The minimum atomic E-state index is -0.0692. The van der Waals surface area contributed by atoms with Crippen molar-refractivity contribution >= 4 is 23.6 Å². The van der Waals surface area contributed by atoms with Gasteiger partial charge in [0.1, 0.15) is 11.7 Å². The Balaban J connectivity index is 2.01. The third kappa shape index (κ3) is 1.78. The van der Waals surface area contributed by atoms with E-state index in [1.165, 1.54) is 6.33 Å². The van der Waals surface area contributed by atoms with Gasteiger partial charge < -0.3 is 0 Å². The van der Waals surface area contributed by atoms with E-state index in [4.69, 9.17) is 0 Å². The van der Waals surface area contributed by atoms with E-state index in [-0.39, 0.29) is 16.5 Å².